The standard InChI is InChI=1S/C12H16N2O3/c1-8-7-11(9(2)17-8)12(15)14-5-3-10(13-16)4-6-14/h7,16H,3-6H2,1-2H3. The first-order chi connectivity index (χ1) is 8.11. The first kappa shape index (κ1) is 11.7. The highest BCUT2D eigenvalue weighted by atomic mass is 16.4. The van der Waals surface area contributed by atoms with Gasteiger partial charge in [-0.2, -0.15) is 0 Å². The fraction of sp³-hybridized carbons (Fsp3) is 0.500. The summed E-state index contributed by atoms with van der Waals surface area (Å²) >= 11 is 0. The maximum absolute atomic E-state index is 12.2. The molecule has 5 nitrogen and oxygen atoms in total. The summed E-state index contributed by atoms with van der Waals surface area (Å²) in [5.41, 5.74) is 1.39. The van der Waals surface area contributed by atoms with Gasteiger partial charge in [-0.3, -0.25) is 4.79 Å². The van der Waals surface area contributed by atoms with Crippen molar-refractivity contribution in [3.05, 3.63) is 23.2 Å². The fourth-order valence-corrected chi connectivity index (χ4v) is 2.08. The van der Waals surface area contributed by atoms with Crippen LogP contribution in [0, 0.1) is 13.8 Å². The average molecular weight is 236 g/mol. The normalized spacial score (nSPS) is 16.1. The lowest BCUT2D eigenvalue weighted by molar-refractivity contribution is 0.0752. The van der Waals surface area contributed by atoms with E-state index in [1.54, 1.807) is 17.9 Å². The first-order valence-corrected chi connectivity index (χ1v) is 5.68. The molecule has 0 bridgehead atoms. The average Bonchev–Trinajstić information content (AvgIpc) is 2.68. The minimum Gasteiger partial charge on any atom is -0.466 e. The van der Waals surface area contributed by atoms with Crippen molar-refractivity contribution >= 4 is 11.6 Å². The second-order valence-electron chi connectivity index (χ2n) is 4.29. The van der Waals surface area contributed by atoms with Gasteiger partial charge in [0.25, 0.3) is 5.91 Å². The highest BCUT2D eigenvalue weighted by Gasteiger charge is 2.23. The maximum atomic E-state index is 12.2. The SMILES string of the molecule is Cc1cc(C(=O)N2CCC(=NO)CC2)c(C)o1. The topological polar surface area (TPSA) is 66.0 Å². The van der Waals surface area contributed by atoms with Crippen LogP contribution >= 0.6 is 0 Å². The van der Waals surface area contributed by atoms with E-state index < -0.39 is 0 Å². The van der Waals surface area contributed by atoms with E-state index in [9.17, 15) is 4.79 Å². The van der Waals surface area contributed by atoms with Crippen molar-refractivity contribution in [1.82, 2.24) is 4.90 Å². The van der Waals surface area contributed by atoms with Crippen molar-refractivity contribution in [3.63, 3.8) is 0 Å². The molecule has 0 radical (unpaired) electrons. The summed E-state index contributed by atoms with van der Waals surface area (Å²) in [6, 6.07) is 1.77. The van der Waals surface area contributed by atoms with Crippen LogP contribution in [0.2, 0.25) is 0 Å². The van der Waals surface area contributed by atoms with Crippen LogP contribution in [0.1, 0.15) is 34.7 Å². The van der Waals surface area contributed by atoms with E-state index in [1.165, 1.54) is 0 Å². The Labute approximate surface area is 99.7 Å². The van der Waals surface area contributed by atoms with Crippen molar-refractivity contribution in [2.24, 2.45) is 5.16 Å². The van der Waals surface area contributed by atoms with Gasteiger partial charge in [-0.05, 0) is 19.9 Å². The van der Waals surface area contributed by atoms with E-state index in [0.29, 0.717) is 37.3 Å². The highest BCUT2D eigenvalue weighted by molar-refractivity contribution is 5.96. The Morgan fingerprint density at radius 1 is 1.41 bits per heavy atom. The van der Waals surface area contributed by atoms with Crippen LogP contribution in [0.5, 0.6) is 0 Å². The Morgan fingerprint density at radius 2 is 2.06 bits per heavy atom. The maximum Gasteiger partial charge on any atom is 0.257 e. The van der Waals surface area contributed by atoms with E-state index in [2.05, 4.69) is 5.16 Å². The van der Waals surface area contributed by atoms with Crippen LogP contribution in [-0.4, -0.2) is 34.8 Å². The fourth-order valence-electron chi connectivity index (χ4n) is 2.08. The zero-order valence-corrected chi connectivity index (χ0v) is 10.1. The molecule has 2 rings (SSSR count). The molecule has 1 fully saturated rings. The quantitative estimate of drug-likeness (QED) is 0.598. The van der Waals surface area contributed by atoms with E-state index in [4.69, 9.17) is 9.62 Å². The molecule has 1 aromatic heterocycles. The number of hydrogen-bond acceptors (Lipinski definition) is 4. The zero-order valence-electron chi connectivity index (χ0n) is 10.1. The number of carbonyl (C=O) groups excluding carboxylic acids is 1. The Hall–Kier alpha value is -1.78. The predicted molar refractivity (Wildman–Crippen MR) is 62.5 cm³/mol. The number of piperidine rings is 1. The number of nitrogens with zero attached hydrogens (tertiary/aromatic N) is 2. The number of oxime groups is 1. The molecular weight excluding hydrogens is 220 g/mol. The Bertz CT molecular complexity index is 452. The van der Waals surface area contributed by atoms with Crippen LogP contribution in [0.3, 0.4) is 0 Å². The van der Waals surface area contributed by atoms with Gasteiger partial charge in [0.2, 0.25) is 0 Å². The molecule has 1 N–H and O–H groups in total. The summed E-state index contributed by atoms with van der Waals surface area (Å²) < 4.78 is 5.36. The first-order valence-electron chi connectivity index (χ1n) is 5.68. The number of hydrogen-bond donors (Lipinski definition) is 1. The number of amides is 1. The third kappa shape index (κ3) is 2.33. The number of carbonyl (C=O) groups is 1. The molecule has 1 aliphatic heterocycles. The minimum absolute atomic E-state index is 0.00339. The van der Waals surface area contributed by atoms with Crippen molar-refractivity contribution in [2.45, 2.75) is 26.7 Å². The Balaban J connectivity index is 2.09. The lowest BCUT2D eigenvalue weighted by Gasteiger charge is -2.26. The van der Waals surface area contributed by atoms with Crippen molar-refractivity contribution in [2.75, 3.05) is 13.1 Å². The van der Waals surface area contributed by atoms with Gasteiger partial charge in [0, 0.05) is 25.9 Å². The number of aryl methyl sites for hydroxylation is 2. The predicted octanol–water partition coefficient (Wildman–Crippen LogP) is 1.96. The molecule has 0 aromatic carbocycles. The largest absolute Gasteiger partial charge is 0.466 e. The van der Waals surface area contributed by atoms with Crippen molar-refractivity contribution < 1.29 is 14.4 Å². The molecule has 1 aromatic rings. The molecule has 2 heterocycles. The summed E-state index contributed by atoms with van der Waals surface area (Å²) in [5.74, 6) is 1.41. The summed E-state index contributed by atoms with van der Waals surface area (Å²) in [4.78, 5) is 14.0. The van der Waals surface area contributed by atoms with Gasteiger partial charge in [-0.1, -0.05) is 5.16 Å². The van der Waals surface area contributed by atoms with Gasteiger partial charge in [0.15, 0.2) is 0 Å². The molecule has 1 aliphatic rings. The van der Waals surface area contributed by atoms with Crippen LogP contribution in [0.15, 0.2) is 15.6 Å². The number of likely N-dealkylation sites (tertiary alicyclic amines) is 1. The van der Waals surface area contributed by atoms with Gasteiger partial charge in [-0.15, -0.1) is 0 Å². The lowest BCUT2D eigenvalue weighted by atomic mass is 10.1. The van der Waals surface area contributed by atoms with Crippen LogP contribution in [0.25, 0.3) is 0 Å². The lowest BCUT2D eigenvalue weighted by Crippen LogP contribution is -2.38. The molecule has 0 unspecified atom stereocenters. The molecule has 92 valence electrons. The molecule has 17 heavy (non-hydrogen) atoms. The third-order valence-electron chi connectivity index (χ3n) is 3.04. The van der Waals surface area contributed by atoms with Gasteiger partial charge in [0.05, 0.1) is 11.3 Å². The van der Waals surface area contributed by atoms with Crippen LogP contribution < -0.4 is 0 Å². The minimum atomic E-state index is -0.00339. The van der Waals surface area contributed by atoms with Gasteiger partial charge >= 0.3 is 0 Å². The Morgan fingerprint density at radius 3 is 2.53 bits per heavy atom. The summed E-state index contributed by atoms with van der Waals surface area (Å²) in [5, 5.41) is 11.8. The molecule has 0 saturated carbocycles. The molecule has 1 amide bonds. The van der Waals surface area contributed by atoms with Crippen molar-refractivity contribution in [3.8, 4) is 0 Å². The Kier molecular flexibility index (Phi) is 3.17. The number of furan rings is 1. The van der Waals surface area contributed by atoms with E-state index in [1.807, 2.05) is 6.92 Å². The van der Waals surface area contributed by atoms with Crippen molar-refractivity contribution in [1.29, 1.82) is 0 Å². The summed E-state index contributed by atoms with van der Waals surface area (Å²) in [7, 11) is 0. The zero-order chi connectivity index (χ0) is 12.4. The number of rotatable bonds is 1. The second kappa shape index (κ2) is 4.61. The third-order valence-corrected chi connectivity index (χ3v) is 3.04. The van der Waals surface area contributed by atoms with E-state index in [0.717, 1.165) is 11.5 Å². The van der Waals surface area contributed by atoms with Gasteiger partial charge in [0.1, 0.15) is 11.5 Å². The highest BCUT2D eigenvalue weighted by Crippen LogP contribution is 2.18. The molecule has 5 heteroatoms. The van der Waals surface area contributed by atoms with Crippen LogP contribution in [0.4, 0.5) is 0 Å². The summed E-state index contributed by atoms with van der Waals surface area (Å²) in [6.07, 6.45) is 1.27. The van der Waals surface area contributed by atoms with E-state index in [-0.39, 0.29) is 5.91 Å². The molecule has 0 aliphatic carbocycles. The molecule has 1 saturated heterocycles. The molecule has 0 atom stereocenters. The second-order valence-corrected chi connectivity index (χ2v) is 4.29. The monoisotopic (exact) mass is 236 g/mol. The smallest absolute Gasteiger partial charge is 0.257 e. The molecular formula is C12H16N2O3. The van der Waals surface area contributed by atoms with E-state index >= 15 is 0 Å². The summed E-state index contributed by atoms with van der Waals surface area (Å²) in [6.45, 7) is 4.82. The van der Waals surface area contributed by atoms with Gasteiger partial charge in [-0.25, -0.2) is 0 Å². The molecule has 0 spiro atoms. The van der Waals surface area contributed by atoms with Gasteiger partial charge < -0.3 is 14.5 Å². The van der Waals surface area contributed by atoms with Crippen LogP contribution in [-0.2, 0) is 0 Å².